The number of amides is 1. The third-order valence-electron chi connectivity index (χ3n) is 8.86. The van der Waals surface area contributed by atoms with Gasteiger partial charge in [-0.2, -0.15) is 0 Å². The number of benzene rings is 1. The van der Waals surface area contributed by atoms with Gasteiger partial charge in [0.15, 0.2) is 0 Å². The van der Waals surface area contributed by atoms with Crippen LogP contribution < -0.4 is 5.32 Å². The Labute approximate surface area is 207 Å². The number of carbonyl (C=O) groups excluding carboxylic acids is 2. The van der Waals surface area contributed by atoms with Crippen LogP contribution in [0.5, 0.6) is 0 Å². The summed E-state index contributed by atoms with van der Waals surface area (Å²) in [7, 11) is 0. The van der Waals surface area contributed by atoms with Crippen molar-refractivity contribution in [1.29, 1.82) is 0 Å². The smallest absolute Gasteiger partial charge is 0.331 e. The molecule has 0 radical (unpaired) electrons. The van der Waals surface area contributed by atoms with Crippen LogP contribution in [0.2, 0.25) is 0 Å². The number of hydrogen-bond donors (Lipinski definition) is 2. The molecule has 1 aromatic carbocycles. The topological polar surface area (TPSA) is 88.2 Å². The highest BCUT2D eigenvalue weighted by Gasteiger charge is 2.78. The first-order chi connectivity index (χ1) is 16.8. The molecule has 1 aliphatic carbocycles. The zero-order valence-electron chi connectivity index (χ0n) is 20.9. The molecule has 6 nitrogen and oxygen atoms in total. The van der Waals surface area contributed by atoms with Crippen LogP contribution in [0.3, 0.4) is 0 Å². The number of allylic oxidation sites excluding steroid dienone is 1. The van der Waals surface area contributed by atoms with Crippen molar-refractivity contribution < 1.29 is 24.2 Å². The van der Waals surface area contributed by atoms with E-state index < -0.39 is 17.7 Å². The first kappa shape index (κ1) is 24.3. The van der Waals surface area contributed by atoms with Crippen LogP contribution in [0.1, 0.15) is 52.0 Å². The Kier molecular flexibility index (Phi) is 6.39. The first-order valence-corrected chi connectivity index (χ1v) is 13.0. The fraction of sp³-hybridized carbons (Fsp3) is 0.586. The number of ether oxygens (including phenoxy) is 2. The monoisotopic (exact) mass is 479 g/mol. The number of aliphatic hydroxyl groups is 1. The number of fused-ring (bicyclic) bond motifs is 2. The zero-order valence-corrected chi connectivity index (χ0v) is 20.9. The summed E-state index contributed by atoms with van der Waals surface area (Å²) in [5, 5.41) is 13.5. The van der Waals surface area contributed by atoms with Crippen LogP contribution in [-0.2, 0) is 25.5 Å². The highest BCUT2D eigenvalue weighted by Crippen LogP contribution is 2.63. The fourth-order valence-corrected chi connectivity index (χ4v) is 6.70. The largest absolute Gasteiger partial charge is 0.445 e. The third-order valence-corrected chi connectivity index (χ3v) is 8.86. The number of nitrogens with one attached hydrogen (secondary N) is 1. The van der Waals surface area contributed by atoms with Crippen molar-refractivity contribution in [3.05, 3.63) is 60.2 Å². The highest BCUT2D eigenvalue weighted by atomic mass is 16.6. The van der Waals surface area contributed by atoms with Crippen LogP contribution >= 0.6 is 0 Å². The number of esters is 1. The van der Waals surface area contributed by atoms with E-state index in [0.717, 1.165) is 18.4 Å². The minimum atomic E-state index is -1.33. The molecule has 9 atom stereocenters. The number of hydrogen-bond acceptors (Lipinski definition) is 5. The first-order valence-electron chi connectivity index (χ1n) is 13.0. The second-order valence-corrected chi connectivity index (χ2v) is 11.2. The predicted molar refractivity (Wildman–Crippen MR) is 132 cm³/mol. The Morgan fingerprint density at radius 3 is 2.63 bits per heavy atom. The molecule has 1 unspecified atom stereocenters. The molecule has 0 bridgehead atoms. The highest BCUT2D eigenvalue weighted by molar-refractivity contribution is 5.94. The van der Waals surface area contributed by atoms with E-state index in [-0.39, 0.29) is 41.4 Å². The minimum absolute atomic E-state index is 0.0150. The number of aliphatic hydroxyl groups excluding tert-OH is 1. The normalized spacial score (nSPS) is 43.3. The zero-order chi connectivity index (χ0) is 24.8. The summed E-state index contributed by atoms with van der Waals surface area (Å²) in [5.41, 5.74) is -0.551. The molecule has 35 heavy (non-hydrogen) atoms. The molecular formula is C29H37NO5. The Morgan fingerprint density at radius 1 is 1.09 bits per heavy atom. The van der Waals surface area contributed by atoms with E-state index in [2.05, 4.69) is 50.4 Å². The lowest BCUT2D eigenvalue weighted by atomic mass is 9.59. The summed E-state index contributed by atoms with van der Waals surface area (Å²) >= 11 is 0. The van der Waals surface area contributed by atoms with Gasteiger partial charge in [-0.3, -0.25) is 4.79 Å². The van der Waals surface area contributed by atoms with Crippen LogP contribution in [0.15, 0.2) is 54.6 Å². The molecular weight excluding hydrogens is 442 g/mol. The molecule has 1 saturated carbocycles. The van der Waals surface area contributed by atoms with Gasteiger partial charge in [0.1, 0.15) is 0 Å². The van der Waals surface area contributed by atoms with Gasteiger partial charge >= 0.3 is 5.97 Å². The molecule has 2 saturated heterocycles. The number of carbonyl (C=O) groups is 2. The standard InChI is InChI=1S/C29H37NO5/c1-18-9-7-13-22-26-28(3,35-26)19(2)25-23(17-20-10-5-4-6-11-20)30-27(33)29(22,25)34-24(32)14-8-12-21(31)16-15-18/h4-8,10-11,13-14,18-19,21-23,25-26,31H,9,12,15-17H2,1-3H3,(H,30,33)/t18-,19-,21?,22-,23-,25-,26-,28+,29+/m0/s1. The lowest BCUT2D eigenvalue weighted by molar-refractivity contribution is -0.177. The molecule has 3 heterocycles. The van der Waals surface area contributed by atoms with Gasteiger partial charge in [0, 0.05) is 18.0 Å². The van der Waals surface area contributed by atoms with Gasteiger partial charge in [0.05, 0.1) is 23.7 Å². The van der Waals surface area contributed by atoms with E-state index in [1.807, 2.05) is 18.2 Å². The Hall–Kier alpha value is -2.44. The Morgan fingerprint density at radius 2 is 1.86 bits per heavy atom. The van der Waals surface area contributed by atoms with Crippen LogP contribution in [0.25, 0.3) is 0 Å². The minimum Gasteiger partial charge on any atom is -0.445 e. The third kappa shape index (κ3) is 4.25. The van der Waals surface area contributed by atoms with Crippen molar-refractivity contribution in [2.75, 3.05) is 0 Å². The van der Waals surface area contributed by atoms with Gasteiger partial charge in [-0.1, -0.05) is 62.4 Å². The van der Waals surface area contributed by atoms with Gasteiger partial charge in [-0.05, 0) is 56.4 Å². The maximum atomic E-state index is 13.8. The molecule has 0 aromatic heterocycles. The van der Waals surface area contributed by atoms with Crippen LogP contribution in [-0.4, -0.2) is 46.4 Å². The quantitative estimate of drug-likeness (QED) is 0.383. The molecule has 3 fully saturated rings. The predicted octanol–water partition coefficient (Wildman–Crippen LogP) is 3.73. The summed E-state index contributed by atoms with van der Waals surface area (Å²) in [6.07, 6.45) is 10.0. The maximum Gasteiger partial charge on any atom is 0.331 e. The lowest BCUT2D eigenvalue weighted by Crippen LogP contribution is -2.61. The maximum absolute atomic E-state index is 13.8. The summed E-state index contributed by atoms with van der Waals surface area (Å²) in [5.74, 6) is -0.947. The van der Waals surface area contributed by atoms with E-state index in [4.69, 9.17) is 9.47 Å². The molecule has 188 valence electrons. The Balaban J connectivity index is 1.55. The average Bonchev–Trinajstić information content (AvgIpc) is 3.44. The Bertz CT molecular complexity index is 1020. The summed E-state index contributed by atoms with van der Waals surface area (Å²) < 4.78 is 12.5. The number of rotatable bonds is 2. The van der Waals surface area contributed by atoms with Gasteiger partial charge in [-0.15, -0.1) is 0 Å². The molecule has 1 amide bonds. The molecule has 1 aromatic rings. The average molecular weight is 480 g/mol. The second kappa shape index (κ2) is 9.21. The van der Waals surface area contributed by atoms with Crippen LogP contribution in [0.4, 0.5) is 0 Å². The second-order valence-electron chi connectivity index (χ2n) is 11.2. The van der Waals surface area contributed by atoms with Gasteiger partial charge in [-0.25, -0.2) is 4.79 Å². The van der Waals surface area contributed by atoms with Gasteiger partial charge in [0.25, 0.3) is 5.91 Å². The van der Waals surface area contributed by atoms with E-state index in [1.54, 1.807) is 6.08 Å². The summed E-state index contributed by atoms with van der Waals surface area (Å²) in [6.45, 7) is 6.42. The molecule has 4 aliphatic rings. The van der Waals surface area contributed by atoms with Crippen LogP contribution in [0, 0.1) is 23.7 Å². The van der Waals surface area contributed by atoms with Crippen molar-refractivity contribution in [2.24, 2.45) is 23.7 Å². The summed E-state index contributed by atoms with van der Waals surface area (Å²) in [6, 6.07) is 9.94. The molecule has 6 heteroatoms. The lowest BCUT2D eigenvalue weighted by Gasteiger charge is -2.45. The van der Waals surface area contributed by atoms with Crippen molar-refractivity contribution in [3.63, 3.8) is 0 Å². The molecule has 1 spiro atoms. The van der Waals surface area contributed by atoms with Gasteiger partial charge in [0.2, 0.25) is 5.60 Å². The van der Waals surface area contributed by atoms with E-state index >= 15 is 0 Å². The molecule has 2 N–H and O–H groups in total. The van der Waals surface area contributed by atoms with Crippen molar-refractivity contribution in [1.82, 2.24) is 5.32 Å². The van der Waals surface area contributed by atoms with E-state index in [9.17, 15) is 14.7 Å². The van der Waals surface area contributed by atoms with Gasteiger partial charge < -0.3 is 19.9 Å². The van der Waals surface area contributed by atoms with E-state index in [1.165, 1.54) is 6.08 Å². The van der Waals surface area contributed by atoms with Crippen molar-refractivity contribution in [2.45, 2.75) is 82.3 Å². The van der Waals surface area contributed by atoms with E-state index in [0.29, 0.717) is 25.2 Å². The SMILES string of the molecule is C[C@H]1CC=C[C@H]2[C@@H]3O[C@]3(C)[C@@H](C)[C@H]3[C@H](Cc4ccccc4)NC(=O)[C@]32OC(=O)C=CCC(O)CC1. The molecule has 3 aliphatic heterocycles. The molecule has 5 rings (SSSR count). The number of epoxide rings is 1. The van der Waals surface area contributed by atoms with Crippen molar-refractivity contribution >= 4 is 11.9 Å². The van der Waals surface area contributed by atoms with Crippen molar-refractivity contribution in [3.8, 4) is 0 Å². The summed E-state index contributed by atoms with van der Waals surface area (Å²) in [4.78, 5) is 26.9. The fourth-order valence-electron chi connectivity index (χ4n) is 6.70.